The summed E-state index contributed by atoms with van der Waals surface area (Å²) in [6, 6.07) is 16.4. The molecule has 0 saturated heterocycles. The van der Waals surface area contributed by atoms with Crippen LogP contribution in [0.3, 0.4) is 0 Å². The van der Waals surface area contributed by atoms with E-state index in [1.165, 1.54) is 16.0 Å². The topological polar surface area (TPSA) is 18.5 Å². The summed E-state index contributed by atoms with van der Waals surface area (Å²) in [6.45, 7) is 3.89. The number of methoxy groups -OCH3 is 2. The Morgan fingerprint density at radius 3 is 2.09 bits per heavy atom. The van der Waals surface area contributed by atoms with E-state index in [4.69, 9.17) is 9.47 Å². The molecule has 0 N–H and O–H groups in total. The second-order valence-corrected chi connectivity index (χ2v) is 5.86. The van der Waals surface area contributed by atoms with Gasteiger partial charge in [0.05, 0.1) is 14.2 Å². The van der Waals surface area contributed by atoms with Crippen molar-refractivity contribution >= 4 is 17.3 Å². The van der Waals surface area contributed by atoms with Crippen molar-refractivity contribution in [2.75, 3.05) is 20.5 Å². The molecule has 0 bridgehead atoms. The van der Waals surface area contributed by atoms with Crippen molar-refractivity contribution in [1.82, 2.24) is 0 Å². The van der Waals surface area contributed by atoms with E-state index < -0.39 is 0 Å². The Balaban J connectivity index is 2.70. The smallest absolute Gasteiger partial charge is 0.123 e. The largest absolute Gasteiger partial charge is 0.497 e. The summed E-state index contributed by atoms with van der Waals surface area (Å²) in [6.07, 6.45) is 4.86. The highest BCUT2D eigenvalue weighted by atomic mass is 32.2. The van der Waals surface area contributed by atoms with E-state index in [-0.39, 0.29) is 0 Å². The highest BCUT2D eigenvalue weighted by molar-refractivity contribution is 8.02. The van der Waals surface area contributed by atoms with Gasteiger partial charge in [-0.3, -0.25) is 0 Å². The molecule has 0 saturated carbocycles. The molecule has 0 atom stereocenters. The third kappa shape index (κ3) is 4.20. The molecule has 23 heavy (non-hydrogen) atoms. The number of hydrogen-bond donors (Lipinski definition) is 0. The summed E-state index contributed by atoms with van der Waals surface area (Å²) in [5.74, 6) is 1.57. The molecule has 0 radical (unpaired) electrons. The van der Waals surface area contributed by atoms with Gasteiger partial charge in [-0.1, -0.05) is 36.4 Å². The average Bonchev–Trinajstić information content (AvgIpc) is 2.61. The number of benzene rings is 2. The lowest BCUT2D eigenvalue weighted by atomic mass is 9.96. The van der Waals surface area contributed by atoms with Gasteiger partial charge in [-0.2, -0.15) is 0 Å². The summed E-state index contributed by atoms with van der Waals surface area (Å²) in [4.78, 5) is 1.27. The van der Waals surface area contributed by atoms with Crippen LogP contribution < -0.4 is 9.47 Å². The van der Waals surface area contributed by atoms with Crippen molar-refractivity contribution in [3.8, 4) is 11.5 Å². The van der Waals surface area contributed by atoms with Crippen molar-refractivity contribution in [2.45, 2.75) is 6.42 Å². The first-order valence-electron chi connectivity index (χ1n) is 7.40. The molecule has 0 heterocycles. The van der Waals surface area contributed by atoms with Crippen LogP contribution in [0.5, 0.6) is 11.5 Å². The quantitative estimate of drug-likeness (QED) is 0.635. The van der Waals surface area contributed by atoms with Crippen LogP contribution >= 0.6 is 11.8 Å². The fourth-order valence-corrected chi connectivity index (χ4v) is 3.19. The maximum atomic E-state index is 5.43. The fourth-order valence-electron chi connectivity index (χ4n) is 2.46. The van der Waals surface area contributed by atoms with Crippen LogP contribution in [0, 0.1) is 0 Å². The molecule has 0 aliphatic rings. The molecule has 0 aliphatic carbocycles. The third-order valence-electron chi connectivity index (χ3n) is 3.56. The zero-order chi connectivity index (χ0) is 16.7. The summed E-state index contributed by atoms with van der Waals surface area (Å²) in [7, 11) is 3.34. The average molecular weight is 326 g/mol. The first-order valence-corrected chi connectivity index (χ1v) is 8.62. The van der Waals surface area contributed by atoms with Crippen LogP contribution in [0.2, 0.25) is 0 Å². The van der Waals surface area contributed by atoms with E-state index in [2.05, 4.69) is 37.1 Å². The van der Waals surface area contributed by atoms with E-state index in [0.717, 1.165) is 23.5 Å². The molecule has 0 unspecified atom stereocenters. The van der Waals surface area contributed by atoms with Gasteiger partial charge in [0.2, 0.25) is 0 Å². The minimum absolute atomic E-state index is 0.784. The molecule has 0 aromatic heterocycles. The number of hydrogen-bond acceptors (Lipinski definition) is 3. The van der Waals surface area contributed by atoms with Crippen molar-refractivity contribution in [1.29, 1.82) is 0 Å². The summed E-state index contributed by atoms with van der Waals surface area (Å²) < 4.78 is 10.9. The lowest BCUT2D eigenvalue weighted by Crippen LogP contribution is -1.95. The Morgan fingerprint density at radius 1 is 1.00 bits per heavy atom. The minimum Gasteiger partial charge on any atom is -0.497 e. The second kappa shape index (κ2) is 8.49. The Bertz CT molecular complexity index is 668. The predicted octanol–water partition coefficient (Wildman–Crippen LogP) is 5.40. The van der Waals surface area contributed by atoms with Crippen molar-refractivity contribution in [3.63, 3.8) is 0 Å². The number of allylic oxidation sites excluding steroid dienone is 2. The SMILES string of the molecule is C=CC/C(SC)=C(/c1ccccc1)c1cc(OC)cc(OC)c1. The number of rotatable bonds is 7. The van der Waals surface area contributed by atoms with Gasteiger partial charge in [0.25, 0.3) is 0 Å². The molecular weight excluding hydrogens is 304 g/mol. The van der Waals surface area contributed by atoms with Gasteiger partial charge in [0, 0.05) is 6.07 Å². The summed E-state index contributed by atoms with van der Waals surface area (Å²) >= 11 is 1.75. The van der Waals surface area contributed by atoms with Crippen LogP contribution in [0.1, 0.15) is 17.5 Å². The van der Waals surface area contributed by atoms with Crippen molar-refractivity contribution in [3.05, 3.63) is 77.2 Å². The zero-order valence-electron chi connectivity index (χ0n) is 13.8. The second-order valence-electron chi connectivity index (χ2n) is 4.96. The molecule has 2 rings (SSSR count). The van der Waals surface area contributed by atoms with Gasteiger partial charge in [-0.05, 0) is 46.4 Å². The Kier molecular flexibility index (Phi) is 6.36. The summed E-state index contributed by atoms with van der Waals surface area (Å²) in [5.41, 5.74) is 3.45. The molecule has 2 aromatic carbocycles. The molecule has 2 aromatic rings. The lowest BCUT2D eigenvalue weighted by Gasteiger charge is -2.16. The van der Waals surface area contributed by atoms with Crippen molar-refractivity contribution in [2.24, 2.45) is 0 Å². The number of thioether (sulfide) groups is 1. The molecule has 0 fully saturated rings. The van der Waals surface area contributed by atoms with Gasteiger partial charge < -0.3 is 9.47 Å². The van der Waals surface area contributed by atoms with E-state index in [1.54, 1.807) is 26.0 Å². The Hall–Kier alpha value is -2.13. The highest BCUT2D eigenvalue weighted by Crippen LogP contribution is 2.37. The van der Waals surface area contributed by atoms with E-state index in [1.807, 2.05) is 30.3 Å². The van der Waals surface area contributed by atoms with E-state index in [0.29, 0.717) is 0 Å². The number of ether oxygens (including phenoxy) is 2. The van der Waals surface area contributed by atoms with Crippen LogP contribution in [0.25, 0.3) is 5.57 Å². The molecule has 0 aliphatic heterocycles. The maximum absolute atomic E-state index is 5.43. The molecule has 0 spiro atoms. The third-order valence-corrected chi connectivity index (χ3v) is 4.42. The van der Waals surface area contributed by atoms with E-state index >= 15 is 0 Å². The monoisotopic (exact) mass is 326 g/mol. The molecule has 120 valence electrons. The Morgan fingerprint density at radius 2 is 1.61 bits per heavy atom. The van der Waals surface area contributed by atoms with Crippen LogP contribution in [-0.4, -0.2) is 20.5 Å². The van der Waals surface area contributed by atoms with Gasteiger partial charge >= 0.3 is 0 Å². The molecule has 2 nitrogen and oxygen atoms in total. The van der Waals surface area contributed by atoms with E-state index in [9.17, 15) is 0 Å². The van der Waals surface area contributed by atoms with Gasteiger partial charge in [-0.15, -0.1) is 18.3 Å². The molecule has 0 amide bonds. The summed E-state index contributed by atoms with van der Waals surface area (Å²) in [5, 5.41) is 0. The maximum Gasteiger partial charge on any atom is 0.123 e. The first kappa shape index (κ1) is 17.2. The molecule has 3 heteroatoms. The Labute approximate surface area is 142 Å². The van der Waals surface area contributed by atoms with Gasteiger partial charge in [0.15, 0.2) is 0 Å². The fraction of sp³-hybridized carbons (Fsp3) is 0.200. The zero-order valence-corrected chi connectivity index (χ0v) is 14.7. The molecular formula is C20H22O2S. The lowest BCUT2D eigenvalue weighted by molar-refractivity contribution is 0.394. The van der Waals surface area contributed by atoms with Gasteiger partial charge in [0.1, 0.15) is 11.5 Å². The van der Waals surface area contributed by atoms with Crippen LogP contribution in [0.4, 0.5) is 0 Å². The van der Waals surface area contributed by atoms with Crippen LogP contribution in [-0.2, 0) is 0 Å². The first-order chi connectivity index (χ1) is 11.2. The predicted molar refractivity (Wildman–Crippen MR) is 100 cm³/mol. The van der Waals surface area contributed by atoms with Gasteiger partial charge in [-0.25, -0.2) is 0 Å². The highest BCUT2D eigenvalue weighted by Gasteiger charge is 2.13. The van der Waals surface area contributed by atoms with Crippen LogP contribution in [0.15, 0.2) is 66.1 Å². The van der Waals surface area contributed by atoms with Crippen molar-refractivity contribution < 1.29 is 9.47 Å². The standard InChI is InChI=1S/C20H22O2S/c1-5-9-19(23-4)20(15-10-7-6-8-11-15)16-12-17(21-2)14-18(13-16)22-3/h5-8,10-14H,1,9H2,2-4H3/b20-19+. The normalized spacial score (nSPS) is 11.6. The minimum atomic E-state index is 0.784.